The SMILES string of the molecule is Cn1c(=O)c(C#N)c(N(C)[C@H]2CC[C@H](N(CC3CCC3)c3ccc(CN4CCOCC4)cc3)CC2)c2nc(C#N)ccc21. The molecule has 1 aromatic carbocycles. The van der Waals surface area contributed by atoms with Gasteiger partial charge in [0.15, 0.2) is 0 Å². The normalized spacial score (nSPS) is 21.1. The molecule has 0 spiro atoms. The number of anilines is 2. The van der Waals surface area contributed by atoms with Crippen molar-refractivity contribution in [3.05, 3.63) is 63.6 Å². The Kier molecular flexibility index (Phi) is 8.65. The molecule has 0 N–H and O–H groups in total. The van der Waals surface area contributed by atoms with Crippen molar-refractivity contribution in [3.63, 3.8) is 0 Å². The molecular formula is C34H41N7O2. The number of pyridine rings is 2. The highest BCUT2D eigenvalue weighted by Crippen LogP contribution is 2.37. The number of nitriles is 2. The van der Waals surface area contributed by atoms with Gasteiger partial charge in [0.2, 0.25) is 0 Å². The van der Waals surface area contributed by atoms with Gasteiger partial charge >= 0.3 is 0 Å². The highest BCUT2D eigenvalue weighted by Gasteiger charge is 2.32. The Morgan fingerprint density at radius 3 is 2.28 bits per heavy atom. The smallest absolute Gasteiger partial charge is 0.270 e. The summed E-state index contributed by atoms with van der Waals surface area (Å²) in [4.78, 5) is 24.9. The first-order valence-corrected chi connectivity index (χ1v) is 15.7. The topological polar surface area (TPSA) is 101 Å². The zero-order valence-electron chi connectivity index (χ0n) is 25.3. The predicted octanol–water partition coefficient (Wildman–Crippen LogP) is 4.56. The predicted molar refractivity (Wildman–Crippen MR) is 168 cm³/mol. The van der Waals surface area contributed by atoms with Gasteiger partial charge in [-0.25, -0.2) is 4.98 Å². The molecule has 0 bridgehead atoms. The third-order valence-electron chi connectivity index (χ3n) is 9.91. The fourth-order valence-corrected chi connectivity index (χ4v) is 7.07. The van der Waals surface area contributed by atoms with E-state index in [9.17, 15) is 15.3 Å². The van der Waals surface area contributed by atoms with Crippen molar-refractivity contribution in [2.45, 2.75) is 63.6 Å². The summed E-state index contributed by atoms with van der Waals surface area (Å²) in [5.74, 6) is 0.763. The van der Waals surface area contributed by atoms with E-state index >= 15 is 0 Å². The molecule has 0 atom stereocenters. The van der Waals surface area contributed by atoms with Crippen LogP contribution in [0, 0.1) is 28.6 Å². The Bertz CT molecular complexity index is 1580. The number of rotatable bonds is 8. The lowest BCUT2D eigenvalue weighted by Gasteiger charge is -2.44. The average molecular weight is 580 g/mol. The van der Waals surface area contributed by atoms with E-state index in [0.29, 0.717) is 22.8 Å². The summed E-state index contributed by atoms with van der Waals surface area (Å²) in [5.41, 5.74) is 4.40. The van der Waals surface area contributed by atoms with Gasteiger partial charge in [-0.3, -0.25) is 9.69 Å². The third kappa shape index (κ3) is 5.98. The van der Waals surface area contributed by atoms with Gasteiger partial charge < -0.3 is 19.1 Å². The molecular weight excluding hydrogens is 538 g/mol. The van der Waals surface area contributed by atoms with Crippen LogP contribution >= 0.6 is 0 Å². The first kappa shape index (κ1) is 29.2. The van der Waals surface area contributed by atoms with Crippen LogP contribution in [0.1, 0.15) is 61.8 Å². The van der Waals surface area contributed by atoms with Gasteiger partial charge in [0.1, 0.15) is 28.9 Å². The molecule has 9 heteroatoms. The van der Waals surface area contributed by atoms with Gasteiger partial charge in [-0.05, 0) is 74.3 Å². The quantitative estimate of drug-likeness (QED) is 0.383. The standard InChI is InChI=1S/C34H41N7O2/c1-38(33-30(21-36)34(42)39(2)31-15-8-26(20-35)37-32(31)33)27-11-13-29(14-12-27)41(23-24-4-3-5-24)28-9-6-25(7-10-28)22-40-16-18-43-19-17-40/h6-10,15,24,27,29H,3-5,11-14,16-19,22-23H2,1-2H3/t27-,29-. The second-order valence-electron chi connectivity index (χ2n) is 12.5. The zero-order chi connectivity index (χ0) is 29.9. The number of ether oxygens (including phenoxy) is 1. The largest absolute Gasteiger partial charge is 0.379 e. The van der Waals surface area contributed by atoms with Crippen LogP contribution in [0.3, 0.4) is 0 Å². The molecule has 224 valence electrons. The highest BCUT2D eigenvalue weighted by atomic mass is 16.5. The maximum absolute atomic E-state index is 13.2. The van der Waals surface area contributed by atoms with Gasteiger partial charge in [0.25, 0.3) is 5.56 Å². The minimum Gasteiger partial charge on any atom is -0.379 e. The molecule has 3 heterocycles. The maximum Gasteiger partial charge on any atom is 0.270 e. The van der Waals surface area contributed by atoms with E-state index in [-0.39, 0.29) is 22.9 Å². The number of aromatic nitrogens is 2. The van der Waals surface area contributed by atoms with Gasteiger partial charge in [0, 0.05) is 58.0 Å². The molecule has 2 saturated carbocycles. The summed E-state index contributed by atoms with van der Waals surface area (Å²) in [7, 11) is 3.63. The van der Waals surface area contributed by atoms with Crippen molar-refractivity contribution < 1.29 is 4.74 Å². The average Bonchev–Trinajstić information content (AvgIpc) is 3.03. The van der Waals surface area contributed by atoms with Crippen molar-refractivity contribution in [2.24, 2.45) is 13.0 Å². The summed E-state index contributed by atoms with van der Waals surface area (Å²) in [6, 6.07) is 17.5. The Morgan fingerprint density at radius 1 is 0.953 bits per heavy atom. The number of morpholine rings is 1. The number of nitrogens with zero attached hydrogens (tertiary/aromatic N) is 7. The first-order valence-electron chi connectivity index (χ1n) is 15.7. The van der Waals surface area contributed by atoms with E-state index in [1.807, 2.05) is 7.05 Å². The van der Waals surface area contributed by atoms with Crippen molar-refractivity contribution in [3.8, 4) is 12.1 Å². The number of aryl methyl sites for hydroxylation is 1. The molecule has 6 rings (SSSR count). The van der Waals surface area contributed by atoms with Crippen molar-refractivity contribution in [2.75, 3.05) is 49.7 Å². The fourth-order valence-electron chi connectivity index (χ4n) is 7.07. The molecule has 0 radical (unpaired) electrons. The van der Waals surface area contributed by atoms with Gasteiger partial charge in [-0.2, -0.15) is 10.5 Å². The number of fused-ring (bicyclic) bond motifs is 1. The van der Waals surface area contributed by atoms with Gasteiger partial charge in [0.05, 0.1) is 24.4 Å². The van der Waals surface area contributed by atoms with E-state index in [0.717, 1.165) is 71.0 Å². The fraction of sp³-hybridized carbons (Fsp3) is 0.529. The molecule has 2 aliphatic carbocycles. The minimum atomic E-state index is -0.333. The Hall–Kier alpha value is -3.92. The Labute approximate surface area is 253 Å². The van der Waals surface area contributed by atoms with E-state index in [1.165, 1.54) is 35.1 Å². The maximum atomic E-state index is 13.2. The lowest BCUT2D eigenvalue weighted by Crippen LogP contribution is -2.46. The number of benzene rings is 1. The molecule has 3 aromatic rings. The summed E-state index contributed by atoms with van der Waals surface area (Å²) in [5, 5.41) is 19.5. The third-order valence-corrected chi connectivity index (χ3v) is 9.91. The summed E-state index contributed by atoms with van der Waals surface area (Å²) >= 11 is 0. The van der Waals surface area contributed by atoms with E-state index in [2.05, 4.69) is 56.1 Å². The zero-order valence-corrected chi connectivity index (χ0v) is 25.3. The van der Waals surface area contributed by atoms with Crippen LogP contribution in [0.2, 0.25) is 0 Å². The molecule has 0 amide bonds. The van der Waals surface area contributed by atoms with E-state index in [4.69, 9.17) is 4.74 Å². The van der Waals surface area contributed by atoms with Crippen molar-refractivity contribution >= 4 is 22.4 Å². The second-order valence-corrected chi connectivity index (χ2v) is 12.5. The van der Waals surface area contributed by atoms with Crippen LogP contribution in [0.15, 0.2) is 41.2 Å². The molecule has 1 saturated heterocycles. The molecule has 1 aliphatic heterocycles. The lowest BCUT2D eigenvalue weighted by molar-refractivity contribution is 0.0342. The molecule has 9 nitrogen and oxygen atoms in total. The molecule has 2 aromatic heterocycles. The molecule has 0 unspecified atom stereocenters. The van der Waals surface area contributed by atoms with Crippen LogP contribution in [-0.4, -0.2) is 66.4 Å². The first-order chi connectivity index (χ1) is 21.0. The molecule has 43 heavy (non-hydrogen) atoms. The molecule has 3 aliphatic rings. The van der Waals surface area contributed by atoms with Crippen molar-refractivity contribution in [1.82, 2.24) is 14.5 Å². The summed E-state index contributed by atoms with van der Waals surface area (Å²) < 4.78 is 6.97. The molecule has 3 fully saturated rings. The van der Waals surface area contributed by atoms with E-state index < -0.39 is 0 Å². The number of hydrogen-bond donors (Lipinski definition) is 0. The second kappa shape index (κ2) is 12.8. The number of hydrogen-bond acceptors (Lipinski definition) is 8. The van der Waals surface area contributed by atoms with Crippen LogP contribution in [0.5, 0.6) is 0 Å². The van der Waals surface area contributed by atoms with Crippen molar-refractivity contribution in [1.29, 1.82) is 10.5 Å². The highest BCUT2D eigenvalue weighted by molar-refractivity contribution is 5.92. The van der Waals surface area contributed by atoms with Crippen LogP contribution in [0.4, 0.5) is 11.4 Å². The van der Waals surface area contributed by atoms with Crippen LogP contribution in [-0.2, 0) is 18.3 Å². The summed E-state index contributed by atoms with van der Waals surface area (Å²) in [6.45, 7) is 5.69. The van der Waals surface area contributed by atoms with Gasteiger partial charge in [-0.1, -0.05) is 18.6 Å². The Morgan fingerprint density at radius 2 is 1.65 bits per heavy atom. The lowest BCUT2D eigenvalue weighted by atomic mass is 9.83. The summed E-state index contributed by atoms with van der Waals surface area (Å²) in [6.07, 6.45) is 7.95. The van der Waals surface area contributed by atoms with Crippen LogP contribution < -0.4 is 15.4 Å². The minimum absolute atomic E-state index is 0.0889. The van der Waals surface area contributed by atoms with E-state index in [1.54, 1.807) is 19.2 Å². The Balaban J connectivity index is 1.20. The monoisotopic (exact) mass is 579 g/mol. The van der Waals surface area contributed by atoms with Crippen LogP contribution in [0.25, 0.3) is 11.0 Å². The van der Waals surface area contributed by atoms with Gasteiger partial charge in [-0.15, -0.1) is 0 Å².